The van der Waals surface area contributed by atoms with Gasteiger partial charge < -0.3 is 4.74 Å². The molecule has 0 amide bonds. The van der Waals surface area contributed by atoms with E-state index in [1.54, 1.807) is 13.2 Å². The van der Waals surface area contributed by atoms with Crippen LogP contribution in [0.15, 0.2) is 36.2 Å². The van der Waals surface area contributed by atoms with Crippen molar-refractivity contribution in [3.05, 3.63) is 47.3 Å². The Hall–Kier alpha value is -1.66. The predicted octanol–water partition coefficient (Wildman–Crippen LogP) is 5.84. The predicted molar refractivity (Wildman–Crippen MR) is 95.4 cm³/mol. The molecule has 2 rings (SSSR count). The van der Waals surface area contributed by atoms with Crippen molar-refractivity contribution in [3.8, 4) is 6.07 Å². The summed E-state index contributed by atoms with van der Waals surface area (Å²) in [5.41, 5.74) is 2.16. The largest absolute Gasteiger partial charge is 0.374 e. The molecular weight excluding hydrogens is 301 g/mol. The lowest BCUT2D eigenvalue weighted by Gasteiger charge is -2.37. The van der Waals surface area contributed by atoms with E-state index in [2.05, 4.69) is 31.2 Å². The lowest BCUT2D eigenvalue weighted by atomic mass is 9.75. The second-order valence-corrected chi connectivity index (χ2v) is 6.85. The van der Waals surface area contributed by atoms with E-state index in [0.717, 1.165) is 32.1 Å². The fourth-order valence-electron chi connectivity index (χ4n) is 3.65. The zero-order valence-corrected chi connectivity index (χ0v) is 14.9. The molecule has 0 unspecified atom stereocenters. The molecule has 1 aromatic rings. The molecule has 130 valence electrons. The number of ether oxygens (including phenoxy) is 1. The van der Waals surface area contributed by atoms with Crippen LogP contribution in [0.2, 0.25) is 0 Å². The van der Waals surface area contributed by atoms with Crippen molar-refractivity contribution < 1.29 is 9.13 Å². The highest BCUT2D eigenvalue weighted by Gasteiger charge is 2.34. The first-order valence-corrected chi connectivity index (χ1v) is 9.05. The Kier molecular flexibility index (Phi) is 6.99. The van der Waals surface area contributed by atoms with Crippen molar-refractivity contribution in [2.24, 2.45) is 0 Å². The van der Waals surface area contributed by atoms with E-state index in [4.69, 9.17) is 10.00 Å². The van der Waals surface area contributed by atoms with Gasteiger partial charge in [-0.1, -0.05) is 44.0 Å². The molecule has 1 aliphatic rings. The summed E-state index contributed by atoms with van der Waals surface area (Å²) in [5.74, 6) is -0.247. The molecule has 1 saturated carbocycles. The molecule has 0 spiro atoms. The van der Waals surface area contributed by atoms with E-state index in [-0.39, 0.29) is 0 Å². The third-order valence-electron chi connectivity index (χ3n) is 5.26. The summed E-state index contributed by atoms with van der Waals surface area (Å²) in [6.07, 6.45) is 9.73. The van der Waals surface area contributed by atoms with Gasteiger partial charge in [-0.15, -0.1) is 0 Å². The number of unbranched alkanes of at least 4 members (excludes halogenated alkanes) is 2. The molecular formula is C21H28FNO. The van der Waals surface area contributed by atoms with Crippen LogP contribution in [-0.4, -0.2) is 12.7 Å². The van der Waals surface area contributed by atoms with Crippen molar-refractivity contribution in [3.63, 3.8) is 0 Å². The van der Waals surface area contributed by atoms with Crippen LogP contribution in [0.4, 0.5) is 4.39 Å². The molecule has 3 heteroatoms. The summed E-state index contributed by atoms with van der Waals surface area (Å²) < 4.78 is 18.9. The van der Waals surface area contributed by atoms with Crippen LogP contribution in [0, 0.1) is 11.3 Å². The number of benzene rings is 1. The van der Waals surface area contributed by atoms with Crippen LogP contribution in [0.5, 0.6) is 0 Å². The van der Waals surface area contributed by atoms with Gasteiger partial charge in [0.25, 0.3) is 0 Å². The van der Waals surface area contributed by atoms with Gasteiger partial charge in [0.05, 0.1) is 5.60 Å². The van der Waals surface area contributed by atoms with Gasteiger partial charge >= 0.3 is 0 Å². The minimum absolute atomic E-state index is 0.497. The summed E-state index contributed by atoms with van der Waals surface area (Å²) in [4.78, 5) is 0. The summed E-state index contributed by atoms with van der Waals surface area (Å²) in [6, 6.07) is 10.5. The zero-order chi connectivity index (χ0) is 17.4. The van der Waals surface area contributed by atoms with E-state index in [1.165, 1.54) is 36.5 Å². The van der Waals surface area contributed by atoms with E-state index in [0.29, 0.717) is 5.92 Å². The van der Waals surface area contributed by atoms with Gasteiger partial charge in [0.2, 0.25) is 0 Å². The molecule has 0 heterocycles. The van der Waals surface area contributed by atoms with Gasteiger partial charge in [-0.05, 0) is 61.6 Å². The Balaban J connectivity index is 1.95. The minimum atomic E-state index is -0.744. The molecule has 0 aliphatic heterocycles. The third kappa shape index (κ3) is 4.92. The molecule has 1 aliphatic carbocycles. The molecule has 0 N–H and O–H groups in total. The van der Waals surface area contributed by atoms with Crippen LogP contribution in [0.3, 0.4) is 0 Å². The van der Waals surface area contributed by atoms with Gasteiger partial charge in [0.1, 0.15) is 6.07 Å². The quantitative estimate of drug-likeness (QED) is 0.465. The summed E-state index contributed by atoms with van der Waals surface area (Å²) in [7, 11) is 1.60. The Morgan fingerprint density at radius 2 is 1.96 bits per heavy atom. The average Bonchev–Trinajstić information content (AvgIpc) is 2.63. The molecule has 0 bridgehead atoms. The first kappa shape index (κ1) is 18.7. The van der Waals surface area contributed by atoms with Crippen molar-refractivity contribution >= 4 is 0 Å². The van der Waals surface area contributed by atoms with Crippen LogP contribution < -0.4 is 0 Å². The van der Waals surface area contributed by atoms with Crippen molar-refractivity contribution in [1.29, 1.82) is 5.26 Å². The minimum Gasteiger partial charge on any atom is -0.374 e. The van der Waals surface area contributed by atoms with Gasteiger partial charge in [0.15, 0.2) is 5.83 Å². The fourth-order valence-corrected chi connectivity index (χ4v) is 3.65. The number of halogens is 1. The number of hydrogen-bond donors (Lipinski definition) is 0. The molecule has 0 saturated heterocycles. The highest BCUT2D eigenvalue weighted by molar-refractivity contribution is 5.27. The monoisotopic (exact) mass is 329 g/mol. The van der Waals surface area contributed by atoms with E-state index in [1.807, 2.05) is 0 Å². The maximum Gasteiger partial charge on any atom is 0.198 e. The summed E-state index contributed by atoms with van der Waals surface area (Å²) >= 11 is 0. The van der Waals surface area contributed by atoms with Gasteiger partial charge in [-0.2, -0.15) is 9.65 Å². The Morgan fingerprint density at radius 1 is 1.29 bits per heavy atom. The second kappa shape index (κ2) is 8.99. The van der Waals surface area contributed by atoms with E-state index < -0.39 is 11.4 Å². The topological polar surface area (TPSA) is 33.0 Å². The van der Waals surface area contributed by atoms with Crippen LogP contribution >= 0.6 is 0 Å². The average molecular weight is 329 g/mol. The van der Waals surface area contributed by atoms with E-state index in [9.17, 15) is 4.39 Å². The lowest BCUT2D eigenvalue weighted by Crippen LogP contribution is -2.34. The molecule has 0 aromatic heterocycles. The van der Waals surface area contributed by atoms with Crippen molar-refractivity contribution in [2.45, 2.75) is 69.8 Å². The normalized spacial score (nSPS) is 24.6. The Morgan fingerprint density at radius 3 is 2.50 bits per heavy atom. The standard InChI is InChI=1S/C21H28FNO/c1-3-4-5-6-17-7-9-18(10-8-17)19-11-13-21(24-2,14-12-19)15-20(22)16-23/h7-10,15,19H,3-6,11-14H2,1-2H3/t19-,21+. The number of methoxy groups -OCH3 is 1. The maximum atomic E-state index is 13.4. The van der Waals surface area contributed by atoms with E-state index >= 15 is 0 Å². The smallest absolute Gasteiger partial charge is 0.198 e. The molecule has 24 heavy (non-hydrogen) atoms. The summed E-state index contributed by atoms with van der Waals surface area (Å²) in [6.45, 7) is 2.23. The number of aryl methyl sites for hydroxylation is 1. The number of nitriles is 1. The van der Waals surface area contributed by atoms with Gasteiger partial charge in [-0.25, -0.2) is 0 Å². The summed E-state index contributed by atoms with van der Waals surface area (Å²) in [5, 5.41) is 8.66. The number of allylic oxidation sites excluding steroid dienone is 1. The third-order valence-corrected chi connectivity index (χ3v) is 5.26. The van der Waals surface area contributed by atoms with Gasteiger partial charge in [0, 0.05) is 7.11 Å². The first-order valence-electron chi connectivity index (χ1n) is 9.05. The van der Waals surface area contributed by atoms with Crippen LogP contribution in [0.25, 0.3) is 0 Å². The molecule has 1 aromatic carbocycles. The number of hydrogen-bond acceptors (Lipinski definition) is 2. The fraction of sp³-hybridized carbons (Fsp3) is 0.571. The highest BCUT2D eigenvalue weighted by atomic mass is 19.1. The van der Waals surface area contributed by atoms with Gasteiger partial charge in [-0.3, -0.25) is 0 Å². The molecule has 1 fully saturated rings. The number of rotatable bonds is 7. The SMILES string of the molecule is CCCCCc1ccc([C@H]2CC[C@@](C=C(F)C#N)(OC)CC2)cc1. The molecule has 0 radical (unpaired) electrons. The van der Waals surface area contributed by atoms with Crippen molar-refractivity contribution in [2.75, 3.05) is 7.11 Å². The highest BCUT2D eigenvalue weighted by Crippen LogP contribution is 2.41. The lowest BCUT2D eigenvalue weighted by molar-refractivity contribution is -0.00344. The van der Waals surface area contributed by atoms with Crippen LogP contribution in [0.1, 0.15) is 68.9 Å². The zero-order valence-electron chi connectivity index (χ0n) is 14.9. The molecule has 2 nitrogen and oxygen atoms in total. The maximum absolute atomic E-state index is 13.4. The molecule has 0 atom stereocenters. The second-order valence-electron chi connectivity index (χ2n) is 6.85. The first-order chi connectivity index (χ1) is 11.6. The Bertz CT molecular complexity index is 577. The Labute approximate surface area is 145 Å². The van der Waals surface area contributed by atoms with Crippen LogP contribution in [-0.2, 0) is 11.2 Å². The van der Waals surface area contributed by atoms with Crippen molar-refractivity contribution in [1.82, 2.24) is 0 Å². The number of nitrogens with zero attached hydrogens (tertiary/aromatic N) is 1.